The van der Waals surface area contributed by atoms with E-state index in [1.54, 1.807) is 18.3 Å². The van der Waals surface area contributed by atoms with Crippen molar-refractivity contribution in [2.45, 2.75) is 6.92 Å². The highest BCUT2D eigenvalue weighted by Crippen LogP contribution is 2.34. The minimum Gasteiger partial charge on any atom is -0.493 e. The molecule has 0 amide bonds. The topological polar surface area (TPSA) is 86.5 Å². The van der Waals surface area contributed by atoms with Gasteiger partial charge in [0.25, 0.3) is 5.69 Å². The number of nitrogens with one attached hydrogen (secondary N) is 1. The number of non-ortho nitro benzene ring substituents is 1. The zero-order valence-corrected chi connectivity index (χ0v) is 11.7. The van der Waals surface area contributed by atoms with Gasteiger partial charge in [-0.3, -0.25) is 10.1 Å². The molecule has 0 bridgehead atoms. The number of ether oxygens (including phenoxy) is 2. The number of hydrogen-bond acceptors (Lipinski definition) is 6. The number of nitro groups is 1. The van der Waals surface area contributed by atoms with Crippen LogP contribution in [0.4, 0.5) is 11.5 Å². The Morgan fingerprint density at radius 3 is 2.76 bits per heavy atom. The van der Waals surface area contributed by atoms with Crippen LogP contribution >= 0.6 is 0 Å². The van der Waals surface area contributed by atoms with E-state index in [1.807, 2.05) is 6.92 Å². The lowest BCUT2D eigenvalue weighted by Crippen LogP contribution is -1.99. The third-order valence-corrected chi connectivity index (χ3v) is 2.68. The number of rotatable bonds is 6. The number of nitrogens with zero attached hydrogens (tertiary/aromatic N) is 2. The van der Waals surface area contributed by atoms with E-state index < -0.39 is 4.92 Å². The molecule has 0 saturated heterocycles. The van der Waals surface area contributed by atoms with Crippen LogP contribution in [0.2, 0.25) is 0 Å². The molecule has 2 aromatic rings. The molecule has 0 radical (unpaired) electrons. The largest absolute Gasteiger partial charge is 0.493 e. The van der Waals surface area contributed by atoms with Crippen LogP contribution in [-0.2, 0) is 0 Å². The van der Waals surface area contributed by atoms with Crippen molar-refractivity contribution in [2.24, 2.45) is 0 Å². The zero-order chi connectivity index (χ0) is 15.2. The molecule has 0 aliphatic rings. The normalized spacial score (nSPS) is 10.0. The Hall–Kier alpha value is -2.83. The molecule has 1 N–H and O–H groups in total. The molecular formula is C14H15N3O4. The summed E-state index contributed by atoms with van der Waals surface area (Å²) in [5, 5.41) is 13.9. The molecule has 0 unspecified atom stereocenters. The summed E-state index contributed by atoms with van der Waals surface area (Å²) in [6, 6.07) is 7.56. The van der Waals surface area contributed by atoms with Crippen molar-refractivity contribution >= 4 is 11.5 Å². The Morgan fingerprint density at radius 2 is 2.10 bits per heavy atom. The summed E-state index contributed by atoms with van der Waals surface area (Å²) in [4.78, 5) is 14.5. The molecule has 7 heteroatoms. The quantitative estimate of drug-likeness (QED) is 0.649. The third-order valence-electron chi connectivity index (χ3n) is 2.68. The van der Waals surface area contributed by atoms with Crippen LogP contribution in [-0.4, -0.2) is 23.6 Å². The van der Waals surface area contributed by atoms with E-state index in [0.29, 0.717) is 17.3 Å². The Bertz CT molecular complexity index is 646. The maximum atomic E-state index is 10.8. The molecule has 2 rings (SSSR count). The molecule has 0 saturated carbocycles. The van der Waals surface area contributed by atoms with Crippen LogP contribution in [0.25, 0.3) is 0 Å². The monoisotopic (exact) mass is 289 g/mol. The highest BCUT2D eigenvalue weighted by Gasteiger charge is 2.13. The molecule has 110 valence electrons. The number of methoxy groups -OCH3 is 1. The van der Waals surface area contributed by atoms with Gasteiger partial charge in [-0.2, -0.15) is 0 Å². The summed E-state index contributed by atoms with van der Waals surface area (Å²) < 4.78 is 10.8. The van der Waals surface area contributed by atoms with E-state index in [2.05, 4.69) is 10.3 Å². The van der Waals surface area contributed by atoms with Gasteiger partial charge in [0.05, 0.1) is 18.1 Å². The molecule has 0 fully saturated rings. The average Bonchev–Trinajstić information content (AvgIpc) is 2.48. The molecule has 0 atom stereocenters. The Kier molecular flexibility index (Phi) is 4.55. The third kappa shape index (κ3) is 3.59. The van der Waals surface area contributed by atoms with Gasteiger partial charge in [-0.05, 0) is 19.1 Å². The summed E-state index contributed by atoms with van der Waals surface area (Å²) in [6.07, 6.45) is 1.59. The second kappa shape index (κ2) is 6.56. The summed E-state index contributed by atoms with van der Waals surface area (Å²) in [7, 11) is 1.48. The van der Waals surface area contributed by atoms with Crippen molar-refractivity contribution < 1.29 is 14.4 Å². The van der Waals surface area contributed by atoms with E-state index in [0.717, 1.165) is 6.54 Å². The van der Waals surface area contributed by atoms with Gasteiger partial charge in [0.2, 0.25) is 0 Å². The molecule has 0 aliphatic heterocycles. The fraction of sp³-hybridized carbons (Fsp3) is 0.214. The van der Waals surface area contributed by atoms with Gasteiger partial charge in [-0.15, -0.1) is 0 Å². The number of benzene rings is 1. The Labute approximate surface area is 121 Å². The smallest absolute Gasteiger partial charge is 0.273 e. The van der Waals surface area contributed by atoms with E-state index in [-0.39, 0.29) is 11.4 Å². The number of anilines is 1. The molecule has 21 heavy (non-hydrogen) atoms. The van der Waals surface area contributed by atoms with Crippen molar-refractivity contribution in [3.8, 4) is 17.2 Å². The molecule has 1 aromatic heterocycles. The van der Waals surface area contributed by atoms with Crippen molar-refractivity contribution in [1.82, 2.24) is 4.98 Å². The second-order valence-electron chi connectivity index (χ2n) is 4.10. The van der Waals surface area contributed by atoms with Crippen LogP contribution in [0, 0.1) is 10.1 Å². The fourth-order valence-corrected chi connectivity index (χ4v) is 1.74. The van der Waals surface area contributed by atoms with E-state index in [1.165, 1.54) is 25.3 Å². The molecule has 7 nitrogen and oxygen atoms in total. The summed E-state index contributed by atoms with van der Waals surface area (Å²) in [5.74, 6) is 1.88. The minimum atomic E-state index is -0.483. The molecule has 0 spiro atoms. The maximum Gasteiger partial charge on any atom is 0.273 e. The summed E-state index contributed by atoms with van der Waals surface area (Å²) in [6.45, 7) is 2.69. The van der Waals surface area contributed by atoms with Gasteiger partial charge in [0.15, 0.2) is 11.5 Å². The van der Waals surface area contributed by atoms with E-state index >= 15 is 0 Å². The van der Waals surface area contributed by atoms with Crippen molar-refractivity contribution in [2.75, 3.05) is 19.0 Å². The lowest BCUT2D eigenvalue weighted by atomic mass is 10.3. The lowest BCUT2D eigenvalue weighted by Gasteiger charge is -2.11. The van der Waals surface area contributed by atoms with Gasteiger partial charge in [0, 0.05) is 24.9 Å². The fourth-order valence-electron chi connectivity index (χ4n) is 1.74. The van der Waals surface area contributed by atoms with Gasteiger partial charge in [-0.25, -0.2) is 4.98 Å². The first-order valence-corrected chi connectivity index (χ1v) is 6.34. The van der Waals surface area contributed by atoms with Gasteiger partial charge >= 0.3 is 0 Å². The SMILES string of the molecule is CCNc1cc(Oc2cc([N+](=O)[O-])ccc2OC)ccn1. The number of aromatic nitrogens is 1. The molecular weight excluding hydrogens is 274 g/mol. The van der Waals surface area contributed by atoms with Crippen LogP contribution in [0.1, 0.15) is 6.92 Å². The number of nitro benzene ring substituents is 1. The maximum absolute atomic E-state index is 10.8. The molecule has 1 heterocycles. The van der Waals surface area contributed by atoms with E-state index in [4.69, 9.17) is 9.47 Å². The zero-order valence-electron chi connectivity index (χ0n) is 11.7. The highest BCUT2D eigenvalue weighted by molar-refractivity contribution is 5.51. The number of hydrogen-bond donors (Lipinski definition) is 1. The molecule has 0 aliphatic carbocycles. The van der Waals surface area contributed by atoms with Crippen molar-refractivity contribution in [1.29, 1.82) is 0 Å². The van der Waals surface area contributed by atoms with Gasteiger partial charge < -0.3 is 14.8 Å². The van der Waals surface area contributed by atoms with Crippen LogP contribution in [0.5, 0.6) is 17.2 Å². The Morgan fingerprint density at radius 1 is 1.29 bits per heavy atom. The van der Waals surface area contributed by atoms with Crippen molar-refractivity contribution in [3.05, 3.63) is 46.6 Å². The summed E-state index contributed by atoms with van der Waals surface area (Å²) in [5.41, 5.74) is -0.0632. The van der Waals surface area contributed by atoms with E-state index in [9.17, 15) is 10.1 Å². The van der Waals surface area contributed by atoms with Crippen LogP contribution in [0.15, 0.2) is 36.5 Å². The Balaban J connectivity index is 2.31. The second-order valence-corrected chi connectivity index (χ2v) is 4.10. The van der Waals surface area contributed by atoms with Crippen LogP contribution in [0.3, 0.4) is 0 Å². The first-order chi connectivity index (χ1) is 10.1. The van der Waals surface area contributed by atoms with Gasteiger partial charge in [0.1, 0.15) is 11.6 Å². The molecule has 1 aromatic carbocycles. The highest BCUT2D eigenvalue weighted by atomic mass is 16.6. The predicted octanol–water partition coefficient (Wildman–Crippen LogP) is 3.22. The average molecular weight is 289 g/mol. The standard InChI is InChI=1S/C14H15N3O4/c1-3-15-14-9-11(6-7-16-14)21-13-8-10(17(18)19)4-5-12(13)20-2/h4-9H,3H2,1-2H3,(H,15,16). The number of pyridine rings is 1. The van der Waals surface area contributed by atoms with Crippen molar-refractivity contribution in [3.63, 3.8) is 0 Å². The lowest BCUT2D eigenvalue weighted by molar-refractivity contribution is -0.384. The first kappa shape index (κ1) is 14.6. The first-order valence-electron chi connectivity index (χ1n) is 6.34. The minimum absolute atomic E-state index is 0.0632. The van der Waals surface area contributed by atoms with Crippen LogP contribution < -0.4 is 14.8 Å². The van der Waals surface area contributed by atoms with Gasteiger partial charge in [-0.1, -0.05) is 0 Å². The predicted molar refractivity (Wildman–Crippen MR) is 78.1 cm³/mol. The summed E-state index contributed by atoms with van der Waals surface area (Å²) >= 11 is 0.